The van der Waals surface area contributed by atoms with Crippen molar-refractivity contribution >= 4 is 23.1 Å². The number of rotatable bonds is 7. The van der Waals surface area contributed by atoms with E-state index in [0.29, 0.717) is 19.0 Å². The summed E-state index contributed by atoms with van der Waals surface area (Å²) in [6.45, 7) is 2.87. The van der Waals surface area contributed by atoms with Gasteiger partial charge in [0, 0.05) is 16.8 Å². The molecule has 0 aliphatic rings. The van der Waals surface area contributed by atoms with E-state index in [1.807, 2.05) is 42.6 Å². The Kier molecular flexibility index (Phi) is 5.85. The second kappa shape index (κ2) is 7.65. The van der Waals surface area contributed by atoms with Gasteiger partial charge in [-0.3, -0.25) is 0 Å². The summed E-state index contributed by atoms with van der Waals surface area (Å²) >= 11 is 3.19. The maximum absolute atomic E-state index is 9.83. The molecule has 19 heavy (non-hydrogen) atoms. The SMILES string of the molecule is Cc1csc(SC[C@@H](O)COCc2ccccc2)n1. The molecular formula is C14H17NO2S2. The van der Waals surface area contributed by atoms with Crippen LogP contribution in [0.15, 0.2) is 40.1 Å². The molecule has 1 atom stereocenters. The molecule has 2 rings (SSSR count). The van der Waals surface area contributed by atoms with Gasteiger partial charge in [-0.05, 0) is 12.5 Å². The number of hydrogen-bond acceptors (Lipinski definition) is 5. The molecule has 0 saturated heterocycles. The Labute approximate surface area is 121 Å². The number of aliphatic hydroxyl groups excluding tert-OH is 1. The van der Waals surface area contributed by atoms with Gasteiger partial charge in [0.15, 0.2) is 0 Å². The Bertz CT molecular complexity index is 487. The summed E-state index contributed by atoms with van der Waals surface area (Å²) in [5, 5.41) is 11.8. The molecule has 102 valence electrons. The second-order valence-corrected chi connectivity index (χ2v) is 6.35. The predicted molar refractivity (Wildman–Crippen MR) is 79.7 cm³/mol. The molecule has 0 radical (unpaired) electrons. The van der Waals surface area contributed by atoms with E-state index in [-0.39, 0.29) is 0 Å². The standard InChI is InChI=1S/C14H17NO2S2/c1-11-9-18-14(15-11)19-10-13(16)8-17-7-12-5-3-2-4-6-12/h2-6,9,13,16H,7-8,10H2,1H3/t13-/m0/s1. The minimum Gasteiger partial charge on any atom is -0.390 e. The van der Waals surface area contributed by atoms with E-state index >= 15 is 0 Å². The van der Waals surface area contributed by atoms with Crippen LogP contribution in [0.4, 0.5) is 0 Å². The van der Waals surface area contributed by atoms with Crippen molar-refractivity contribution in [1.29, 1.82) is 0 Å². The van der Waals surface area contributed by atoms with Crippen molar-refractivity contribution in [3.8, 4) is 0 Å². The third kappa shape index (κ3) is 5.32. The number of thiazole rings is 1. The first-order valence-electron chi connectivity index (χ1n) is 6.08. The van der Waals surface area contributed by atoms with Gasteiger partial charge in [0.05, 0.1) is 19.3 Å². The molecule has 2 aromatic rings. The molecule has 1 heterocycles. The average Bonchev–Trinajstić information content (AvgIpc) is 2.83. The van der Waals surface area contributed by atoms with E-state index in [1.54, 1.807) is 23.1 Å². The van der Waals surface area contributed by atoms with Crippen molar-refractivity contribution in [2.24, 2.45) is 0 Å². The summed E-state index contributed by atoms with van der Waals surface area (Å²) in [4.78, 5) is 4.34. The van der Waals surface area contributed by atoms with Crippen LogP contribution >= 0.6 is 23.1 Å². The first-order valence-corrected chi connectivity index (χ1v) is 7.95. The maximum Gasteiger partial charge on any atom is 0.150 e. The lowest BCUT2D eigenvalue weighted by Crippen LogP contribution is -2.17. The molecular weight excluding hydrogens is 278 g/mol. The van der Waals surface area contributed by atoms with Gasteiger partial charge in [0.2, 0.25) is 0 Å². The number of benzene rings is 1. The van der Waals surface area contributed by atoms with E-state index in [0.717, 1.165) is 15.6 Å². The van der Waals surface area contributed by atoms with Gasteiger partial charge in [0.25, 0.3) is 0 Å². The van der Waals surface area contributed by atoms with Crippen LogP contribution in [-0.2, 0) is 11.3 Å². The molecule has 1 aromatic carbocycles. The zero-order valence-electron chi connectivity index (χ0n) is 10.8. The highest BCUT2D eigenvalue weighted by Gasteiger charge is 2.07. The molecule has 0 aliphatic heterocycles. The Morgan fingerprint density at radius 3 is 2.84 bits per heavy atom. The first kappa shape index (κ1) is 14.5. The summed E-state index contributed by atoms with van der Waals surface area (Å²) in [6.07, 6.45) is -0.460. The van der Waals surface area contributed by atoms with Gasteiger partial charge in [0.1, 0.15) is 4.34 Å². The summed E-state index contributed by atoms with van der Waals surface area (Å²) in [5.74, 6) is 0.613. The fourth-order valence-corrected chi connectivity index (χ4v) is 3.28. The van der Waals surface area contributed by atoms with Crippen molar-refractivity contribution in [3.05, 3.63) is 47.0 Å². The summed E-state index contributed by atoms with van der Waals surface area (Å²) in [7, 11) is 0. The number of ether oxygens (including phenoxy) is 1. The van der Waals surface area contributed by atoms with E-state index in [9.17, 15) is 5.11 Å². The minimum absolute atomic E-state index is 0.353. The molecule has 0 aliphatic carbocycles. The second-order valence-electron chi connectivity index (χ2n) is 4.22. The summed E-state index contributed by atoms with van der Waals surface area (Å²) < 4.78 is 6.49. The van der Waals surface area contributed by atoms with Gasteiger partial charge in [-0.15, -0.1) is 11.3 Å². The van der Waals surface area contributed by atoms with Gasteiger partial charge >= 0.3 is 0 Å². The van der Waals surface area contributed by atoms with Gasteiger partial charge in [-0.25, -0.2) is 4.98 Å². The normalized spacial score (nSPS) is 12.5. The number of aromatic nitrogens is 1. The van der Waals surface area contributed by atoms with E-state index in [4.69, 9.17) is 4.74 Å². The van der Waals surface area contributed by atoms with Crippen LogP contribution in [0.3, 0.4) is 0 Å². The van der Waals surface area contributed by atoms with Crippen molar-refractivity contribution in [2.45, 2.75) is 24.0 Å². The molecule has 0 unspecified atom stereocenters. The Morgan fingerprint density at radius 1 is 1.37 bits per heavy atom. The number of thioether (sulfide) groups is 1. The number of aryl methyl sites for hydroxylation is 1. The van der Waals surface area contributed by atoms with Crippen LogP contribution in [0.25, 0.3) is 0 Å². The number of hydrogen-bond donors (Lipinski definition) is 1. The van der Waals surface area contributed by atoms with Crippen molar-refractivity contribution in [2.75, 3.05) is 12.4 Å². The van der Waals surface area contributed by atoms with Gasteiger partial charge < -0.3 is 9.84 Å². The number of nitrogens with zero attached hydrogens (tertiary/aromatic N) is 1. The summed E-state index contributed by atoms with van der Waals surface area (Å²) in [6, 6.07) is 9.97. The Hall–Kier alpha value is -0.880. The smallest absolute Gasteiger partial charge is 0.150 e. The molecule has 0 fully saturated rings. The predicted octanol–water partition coefficient (Wildman–Crippen LogP) is 3.12. The molecule has 0 spiro atoms. The lowest BCUT2D eigenvalue weighted by molar-refractivity contribution is 0.0398. The lowest BCUT2D eigenvalue weighted by Gasteiger charge is -2.10. The van der Waals surface area contributed by atoms with E-state index < -0.39 is 6.10 Å². The third-order valence-electron chi connectivity index (χ3n) is 2.42. The van der Waals surface area contributed by atoms with E-state index in [1.165, 1.54) is 0 Å². The molecule has 0 amide bonds. The Balaban J connectivity index is 1.63. The molecule has 0 saturated carbocycles. The highest BCUT2D eigenvalue weighted by molar-refractivity contribution is 8.01. The quantitative estimate of drug-likeness (QED) is 0.797. The van der Waals surface area contributed by atoms with Crippen molar-refractivity contribution in [1.82, 2.24) is 4.98 Å². The maximum atomic E-state index is 9.83. The van der Waals surface area contributed by atoms with Crippen LogP contribution in [0.5, 0.6) is 0 Å². The topological polar surface area (TPSA) is 42.4 Å². The fourth-order valence-electron chi connectivity index (χ4n) is 1.50. The highest BCUT2D eigenvalue weighted by atomic mass is 32.2. The van der Waals surface area contributed by atoms with Crippen LogP contribution in [0.1, 0.15) is 11.3 Å². The monoisotopic (exact) mass is 295 g/mol. The zero-order valence-corrected chi connectivity index (χ0v) is 12.4. The lowest BCUT2D eigenvalue weighted by atomic mass is 10.2. The fraction of sp³-hybridized carbons (Fsp3) is 0.357. The molecule has 1 aromatic heterocycles. The zero-order chi connectivity index (χ0) is 13.5. The highest BCUT2D eigenvalue weighted by Crippen LogP contribution is 2.22. The third-order valence-corrected chi connectivity index (χ3v) is 4.70. The largest absolute Gasteiger partial charge is 0.390 e. The van der Waals surface area contributed by atoms with Crippen LogP contribution < -0.4 is 0 Å². The average molecular weight is 295 g/mol. The molecule has 1 N–H and O–H groups in total. The van der Waals surface area contributed by atoms with Crippen LogP contribution in [0, 0.1) is 6.92 Å². The van der Waals surface area contributed by atoms with Crippen molar-refractivity contribution in [3.63, 3.8) is 0 Å². The molecule has 5 heteroatoms. The Morgan fingerprint density at radius 2 is 2.16 bits per heavy atom. The summed E-state index contributed by atoms with van der Waals surface area (Å²) in [5.41, 5.74) is 2.15. The van der Waals surface area contributed by atoms with Crippen molar-refractivity contribution < 1.29 is 9.84 Å². The number of aliphatic hydroxyl groups is 1. The first-order chi connectivity index (χ1) is 9.24. The van der Waals surface area contributed by atoms with Gasteiger partial charge in [-0.2, -0.15) is 0 Å². The molecule has 0 bridgehead atoms. The van der Waals surface area contributed by atoms with Crippen LogP contribution in [-0.4, -0.2) is 28.6 Å². The van der Waals surface area contributed by atoms with Crippen LogP contribution in [0.2, 0.25) is 0 Å². The minimum atomic E-state index is -0.460. The molecule has 3 nitrogen and oxygen atoms in total. The van der Waals surface area contributed by atoms with Gasteiger partial charge in [-0.1, -0.05) is 42.1 Å². The van der Waals surface area contributed by atoms with E-state index in [2.05, 4.69) is 4.98 Å².